The number of halogens is 2. The van der Waals surface area contributed by atoms with Gasteiger partial charge in [0.2, 0.25) is 0 Å². The summed E-state index contributed by atoms with van der Waals surface area (Å²) in [5.74, 6) is -2.15. The molecule has 2 rings (SSSR count). The first-order valence-corrected chi connectivity index (χ1v) is 7.62. The van der Waals surface area contributed by atoms with E-state index in [1.165, 1.54) is 12.1 Å². The highest BCUT2D eigenvalue weighted by Crippen LogP contribution is 2.19. The van der Waals surface area contributed by atoms with Crippen molar-refractivity contribution in [1.29, 1.82) is 0 Å². The van der Waals surface area contributed by atoms with Gasteiger partial charge >= 0.3 is 0 Å². The lowest BCUT2D eigenvalue weighted by molar-refractivity contribution is 0.509. The summed E-state index contributed by atoms with van der Waals surface area (Å²) in [5.41, 5.74) is 0.763. The van der Waals surface area contributed by atoms with Crippen LogP contribution in [0.5, 0.6) is 0 Å². The molecule has 2 aromatic carbocycles. The van der Waals surface area contributed by atoms with Crippen LogP contribution >= 0.6 is 0 Å². The Morgan fingerprint density at radius 1 is 1.05 bits per heavy atom. The highest BCUT2D eigenvalue weighted by Gasteiger charge is 2.15. The number of sulfonamides is 1. The summed E-state index contributed by atoms with van der Waals surface area (Å²) in [6.07, 6.45) is 0. The maximum absolute atomic E-state index is 13.1. The van der Waals surface area contributed by atoms with Gasteiger partial charge in [-0.2, -0.15) is 0 Å². The Morgan fingerprint density at radius 2 is 1.81 bits per heavy atom. The SMILES string of the molecule is CNCc1cccc(S(=O)(=O)Nc2ccc(F)c(F)c2)c1. The molecule has 0 saturated carbocycles. The molecule has 0 aliphatic carbocycles. The lowest BCUT2D eigenvalue weighted by atomic mass is 10.2. The van der Waals surface area contributed by atoms with E-state index < -0.39 is 21.7 Å². The minimum Gasteiger partial charge on any atom is -0.316 e. The summed E-state index contributed by atoms with van der Waals surface area (Å²) in [5, 5.41) is 2.92. The van der Waals surface area contributed by atoms with Gasteiger partial charge in [-0.1, -0.05) is 12.1 Å². The molecule has 0 heterocycles. The first kappa shape index (κ1) is 15.4. The van der Waals surface area contributed by atoms with Gasteiger partial charge < -0.3 is 5.32 Å². The van der Waals surface area contributed by atoms with Gasteiger partial charge in [0.15, 0.2) is 11.6 Å². The minimum absolute atomic E-state index is 0.0343. The normalized spacial score (nSPS) is 11.4. The Balaban J connectivity index is 2.29. The van der Waals surface area contributed by atoms with Crippen LogP contribution in [0.25, 0.3) is 0 Å². The third kappa shape index (κ3) is 3.77. The zero-order valence-electron chi connectivity index (χ0n) is 11.2. The maximum Gasteiger partial charge on any atom is 0.261 e. The molecule has 4 nitrogen and oxygen atoms in total. The van der Waals surface area contributed by atoms with Crippen LogP contribution in [0, 0.1) is 11.6 Å². The lowest BCUT2D eigenvalue weighted by Gasteiger charge is -2.09. The highest BCUT2D eigenvalue weighted by molar-refractivity contribution is 7.92. The van der Waals surface area contributed by atoms with E-state index in [0.29, 0.717) is 6.54 Å². The molecule has 0 saturated heterocycles. The molecule has 0 aromatic heterocycles. The summed E-state index contributed by atoms with van der Waals surface area (Å²) in [4.78, 5) is 0.0555. The molecule has 0 aliphatic heterocycles. The molecule has 0 atom stereocenters. The Morgan fingerprint density at radius 3 is 2.48 bits per heavy atom. The fourth-order valence-corrected chi connectivity index (χ4v) is 2.92. The van der Waals surface area contributed by atoms with Gasteiger partial charge in [-0.15, -0.1) is 0 Å². The van der Waals surface area contributed by atoms with Crippen molar-refractivity contribution >= 4 is 15.7 Å². The minimum atomic E-state index is -3.85. The molecule has 0 spiro atoms. The van der Waals surface area contributed by atoms with Gasteiger partial charge in [-0.05, 0) is 36.9 Å². The second-order valence-electron chi connectivity index (χ2n) is 4.41. The zero-order chi connectivity index (χ0) is 15.5. The second kappa shape index (κ2) is 6.19. The predicted molar refractivity (Wildman–Crippen MR) is 76.4 cm³/mol. The second-order valence-corrected chi connectivity index (χ2v) is 6.09. The van der Waals surface area contributed by atoms with Crippen molar-refractivity contribution in [2.45, 2.75) is 11.4 Å². The van der Waals surface area contributed by atoms with Crippen LogP contribution in [0.2, 0.25) is 0 Å². The molecule has 0 unspecified atom stereocenters. The van der Waals surface area contributed by atoms with E-state index in [9.17, 15) is 17.2 Å². The van der Waals surface area contributed by atoms with Gasteiger partial charge in [-0.25, -0.2) is 17.2 Å². The van der Waals surface area contributed by atoms with E-state index in [-0.39, 0.29) is 10.6 Å². The van der Waals surface area contributed by atoms with Crippen molar-refractivity contribution in [3.05, 3.63) is 59.7 Å². The summed E-state index contributed by atoms with van der Waals surface area (Å²) >= 11 is 0. The monoisotopic (exact) mass is 312 g/mol. The lowest BCUT2D eigenvalue weighted by Crippen LogP contribution is -2.14. The summed E-state index contributed by atoms with van der Waals surface area (Å²) in [7, 11) is -2.10. The van der Waals surface area contributed by atoms with Crippen LogP contribution in [-0.4, -0.2) is 15.5 Å². The van der Waals surface area contributed by atoms with Crippen molar-refractivity contribution in [1.82, 2.24) is 5.32 Å². The molecule has 7 heteroatoms. The highest BCUT2D eigenvalue weighted by atomic mass is 32.2. The summed E-state index contributed by atoms with van der Waals surface area (Å²) in [6, 6.07) is 9.17. The van der Waals surface area contributed by atoms with Crippen LogP contribution in [0.15, 0.2) is 47.4 Å². The molecule has 0 bridgehead atoms. The van der Waals surface area contributed by atoms with Crippen LogP contribution in [0.1, 0.15) is 5.56 Å². The first-order chi connectivity index (χ1) is 9.92. The fraction of sp³-hybridized carbons (Fsp3) is 0.143. The molecular formula is C14H14F2N2O2S. The van der Waals surface area contributed by atoms with Crippen molar-refractivity contribution in [3.63, 3.8) is 0 Å². The third-order valence-corrected chi connectivity index (χ3v) is 4.14. The van der Waals surface area contributed by atoms with E-state index in [2.05, 4.69) is 10.0 Å². The van der Waals surface area contributed by atoms with Gasteiger partial charge in [0, 0.05) is 12.6 Å². The Kier molecular flexibility index (Phi) is 4.54. The van der Waals surface area contributed by atoms with Crippen LogP contribution in [0.4, 0.5) is 14.5 Å². The van der Waals surface area contributed by atoms with Crippen LogP contribution < -0.4 is 10.0 Å². The smallest absolute Gasteiger partial charge is 0.261 e. The number of hydrogen-bond acceptors (Lipinski definition) is 3. The van der Waals surface area contributed by atoms with E-state index in [1.54, 1.807) is 19.2 Å². The molecular weight excluding hydrogens is 298 g/mol. The molecule has 0 radical (unpaired) electrons. The average Bonchev–Trinajstić information content (AvgIpc) is 2.43. The number of hydrogen-bond donors (Lipinski definition) is 2. The molecule has 2 N–H and O–H groups in total. The summed E-state index contributed by atoms with van der Waals surface area (Å²) < 4.78 is 52.6. The zero-order valence-corrected chi connectivity index (χ0v) is 12.0. The Labute approximate surface area is 121 Å². The van der Waals surface area contributed by atoms with E-state index in [0.717, 1.165) is 23.8 Å². The number of rotatable bonds is 5. The Hall–Kier alpha value is -1.99. The fourth-order valence-electron chi connectivity index (χ4n) is 1.80. The molecule has 0 fully saturated rings. The topological polar surface area (TPSA) is 58.2 Å². The molecule has 0 amide bonds. The molecule has 2 aromatic rings. The first-order valence-electron chi connectivity index (χ1n) is 6.14. The molecule has 112 valence electrons. The van der Waals surface area contributed by atoms with E-state index in [1.807, 2.05) is 0 Å². The largest absolute Gasteiger partial charge is 0.316 e. The van der Waals surface area contributed by atoms with Crippen LogP contribution in [-0.2, 0) is 16.6 Å². The number of anilines is 1. The molecule has 21 heavy (non-hydrogen) atoms. The van der Waals surface area contributed by atoms with Crippen LogP contribution in [0.3, 0.4) is 0 Å². The van der Waals surface area contributed by atoms with E-state index in [4.69, 9.17) is 0 Å². The van der Waals surface area contributed by atoms with Crippen molar-refractivity contribution < 1.29 is 17.2 Å². The van der Waals surface area contributed by atoms with Gasteiger partial charge in [-0.3, -0.25) is 4.72 Å². The van der Waals surface area contributed by atoms with E-state index >= 15 is 0 Å². The van der Waals surface area contributed by atoms with Gasteiger partial charge in [0.25, 0.3) is 10.0 Å². The van der Waals surface area contributed by atoms with Crippen molar-refractivity contribution in [3.8, 4) is 0 Å². The number of nitrogens with one attached hydrogen (secondary N) is 2. The predicted octanol–water partition coefficient (Wildman–Crippen LogP) is 2.49. The van der Waals surface area contributed by atoms with Gasteiger partial charge in [0.05, 0.1) is 10.6 Å². The van der Waals surface area contributed by atoms with Crippen molar-refractivity contribution in [2.75, 3.05) is 11.8 Å². The number of benzene rings is 2. The maximum atomic E-state index is 13.1. The quantitative estimate of drug-likeness (QED) is 0.892. The van der Waals surface area contributed by atoms with Crippen molar-refractivity contribution in [2.24, 2.45) is 0 Å². The molecule has 0 aliphatic rings. The van der Waals surface area contributed by atoms with Gasteiger partial charge in [0.1, 0.15) is 0 Å². The standard InChI is InChI=1S/C14H14F2N2O2S/c1-17-9-10-3-2-4-12(7-10)21(19,20)18-11-5-6-13(15)14(16)8-11/h2-8,17-18H,9H2,1H3. The summed E-state index contributed by atoms with van der Waals surface area (Å²) in [6.45, 7) is 0.522. The average molecular weight is 312 g/mol. The Bertz CT molecular complexity index is 748. The third-order valence-electron chi connectivity index (χ3n) is 2.76.